The number of rotatable bonds is 2. The summed E-state index contributed by atoms with van der Waals surface area (Å²) in [5.41, 5.74) is 9.18. The molecule has 1 amide bonds. The predicted molar refractivity (Wildman–Crippen MR) is 79.5 cm³/mol. The Kier molecular flexibility index (Phi) is 2.95. The molecule has 5 heteroatoms. The van der Waals surface area contributed by atoms with Gasteiger partial charge in [0.2, 0.25) is 5.91 Å². The summed E-state index contributed by atoms with van der Waals surface area (Å²) in [7, 11) is 1.60. The van der Waals surface area contributed by atoms with Crippen LogP contribution in [-0.4, -0.2) is 19.6 Å². The predicted octanol–water partition coefficient (Wildman–Crippen LogP) is 2.37. The Morgan fingerprint density at radius 2 is 2.00 bits per heavy atom. The average molecular weight is 269 g/mol. The molecule has 1 aliphatic rings. The number of nitrogens with zero attached hydrogens (tertiary/aromatic N) is 1. The molecule has 102 valence electrons. The zero-order valence-corrected chi connectivity index (χ0v) is 11.1. The zero-order chi connectivity index (χ0) is 14.1. The average Bonchev–Trinajstić information content (AvgIpc) is 2.46. The fourth-order valence-corrected chi connectivity index (χ4v) is 2.35. The lowest BCUT2D eigenvalue weighted by Crippen LogP contribution is -2.35. The van der Waals surface area contributed by atoms with Crippen molar-refractivity contribution in [2.45, 2.75) is 0 Å². The van der Waals surface area contributed by atoms with Crippen LogP contribution in [0.1, 0.15) is 0 Å². The van der Waals surface area contributed by atoms with Gasteiger partial charge >= 0.3 is 0 Å². The van der Waals surface area contributed by atoms with E-state index >= 15 is 0 Å². The molecule has 3 N–H and O–H groups in total. The summed E-state index contributed by atoms with van der Waals surface area (Å²) in [5, 5.41) is 2.86. The molecule has 0 radical (unpaired) electrons. The second-order valence-electron chi connectivity index (χ2n) is 4.58. The molecule has 0 aliphatic carbocycles. The summed E-state index contributed by atoms with van der Waals surface area (Å²) in [4.78, 5) is 13.7. The number of ether oxygens (including phenoxy) is 1. The number of fused-ring (bicyclic) bond motifs is 1. The highest BCUT2D eigenvalue weighted by atomic mass is 16.5. The minimum absolute atomic E-state index is 0.0566. The molecule has 2 aromatic rings. The van der Waals surface area contributed by atoms with E-state index in [9.17, 15) is 4.79 Å². The van der Waals surface area contributed by atoms with Crippen LogP contribution in [-0.2, 0) is 4.79 Å². The van der Waals surface area contributed by atoms with Gasteiger partial charge in [-0.2, -0.15) is 0 Å². The Hall–Kier alpha value is -2.69. The molecule has 0 bridgehead atoms. The van der Waals surface area contributed by atoms with E-state index < -0.39 is 0 Å². The zero-order valence-electron chi connectivity index (χ0n) is 11.1. The van der Waals surface area contributed by atoms with Gasteiger partial charge in [0.15, 0.2) is 0 Å². The number of hydrogen-bond donors (Lipinski definition) is 2. The van der Waals surface area contributed by atoms with Gasteiger partial charge in [0.05, 0.1) is 29.9 Å². The first kappa shape index (κ1) is 12.3. The minimum Gasteiger partial charge on any atom is -0.497 e. The molecule has 1 heterocycles. The van der Waals surface area contributed by atoms with Crippen LogP contribution in [0.5, 0.6) is 5.75 Å². The smallest absolute Gasteiger partial charge is 0.244 e. The Morgan fingerprint density at radius 1 is 1.20 bits per heavy atom. The third-order valence-electron chi connectivity index (χ3n) is 3.30. The molecule has 2 aromatic carbocycles. The van der Waals surface area contributed by atoms with Gasteiger partial charge in [-0.25, -0.2) is 0 Å². The summed E-state index contributed by atoms with van der Waals surface area (Å²) in [6, 6.07) is 13.1. The number of nitrogens with one attached hydrogen (secondary N) is 1. The number of para-hydroxylation sites is 2. The summed E-state index contributed by atoms with van der Waals surface area (Å²) in [6.07, 6.45) is 0. The number of hydrogen-bond acceptors (Lipinski definition) is 4. The van der Waals surface area contributed by atoms with Crippen molar-refractivity contribution in [1.29, 1.82) is 0 Å². The number of nitrogens with two attached hydrogens (primary N) is 1. The Bertz CT molecular complexity index is 670. The highest BCUT2D eigenvalue weighted by Gasteiger charge is 2.24. The lowest BCUT2D eigenvalue weighted by Gasteiger charge is -2.31. The second kappa shape index (κ2) is 4.77. The van der Waals surface area contributed by atoms with E-state index in [2.05, 4.69) is 5.32 Å². The van der Waals surface area contributed by atoms with E-state index in [0.717, 1.165) is 17.1 Å². The van der Waals surface area contributed by atoms with E-state index in [1.54, 1.807) is 13.2 Å². The van der Waals surface area contributed by atoms with Gasteiger partial charge in [-0.3, -0.25) is 4.79 Å². The van der Waals surface area contributed by atoms with Gasteiger partial charge in [-0.1, -0.05) is 12.1 Å². The molecule has 0 aromatic heterocycles. The number of carbonyl (C=O) groups excluding carboxylic acids is 1. The Labute approximate surface area is 117 Å². The Morgan fingerprint density at radius 3 is 2.75 bits per heavy atom. The van der Waals surface area contributed by atoms with Crippen molar-refractivity contribution in [2.24, 2.45) is 0 Å². The third kappa shape index (κ3) is 2.03. The van der Waals surface area contributed by atoms with Gasteiger partial charge in [-0.05, 0) is 24.3 Å². The molecule has 5 nitrogen and oxygen atoms in total. The maximum Gasteiger partial charge on any atom is 0.244 e. The van der Waals surface area contributed by atoms with Crippen molar-refractivity contribution in [2.75, 3.05) is 29.6 Å². The van der Waals surface area contributed by atoms with Crippen LogP contribution in [0.2, 0.25) is 0 Å². The maximum absolute atomic E-state index is 11.8. The van der Waals surface area contributed by atoms with Gasteiger partial charge in [0.25, 0.3) is 0 Å². The van der Waals surface area contributed by atoms with Crippen LogP contribution >= 0.6 is 0 Å². The number of methoxy groups -OCH3 is 1. The van der Waals surface area contributed by atoms with Crippen molar-refractivity contribution < 1.29 is 9.53 Å². The van der Waals surface area contributed by atoms with Gasteiger partial charge in [0.1, 0.15) is 12.3 Å². The maximum atomic E-state index is 11.8. The topological polar surface area (TPSA) is 67.6 Å². The van der Waals surface area contributed by atoms with Crippen molar-refractivity contribution >= 4 is 28.7 Å². The van der Waals surface area contributed by atoms with Crippen molar-refractivity contribution in [1.82, 2.24) is 0 Å². The first-order chi connectivity index (χ1) is 9.69. The number of carbonyl (C=O) groups is 1. The van der Waals surface area contributed by atoms with Crippen LogP contribution in [0, 0.1) is 0 Å². The minimum atomic E-state index is -0.0566. The standard InChI is InChI=1S/C15H15N3O2/c1-20-10-6-7-13(11(16)8-10)18-9-15(19)17-12-4-2-3-5-14(12)18/h2-8H,9,16H2,1H3,(H,17,19). The number of anilines is 4. The van der Waals surface area contributed by atoms with Crippen LogP contribution in [0.4, 0.5) is 22.7 Å². The van der Waals surface area contributed by atoms with Gasteiger partial charge in [0, 0.05) is 6.07 Å². The molecular weight excluding hydrogens is 254 g/mol. The monoisotopic (exact) mass is 269 g/mol. The van der Waals surface area contributed by atoms with Crippen LogP contribution in [0.3, 0.4) is 0 Å². The molecule has 0 spiro atoms. The summed E-state index contributed by atoms with van der Waals surface area (Å²) < 4.78 is 5.15. The lowest BCUT2D eigenvalue weighted by molar-refractivity contribution is -0.115. The largest absolute Gasteiger partial charge is 0.497 e. The van der Waals surface area contributed by atoms with Crippen LogP contribution in [0.15, 0.2) is 42.5 Å². The van der Waals surface area contributed by atoms with E-state index in [1.807, 2.05) is 41.3 Å². The summed E-state index contributed by atoms with van der Waals surface area (Å²) in [6.45, 7) is 0.244. The molecule has 0 atom stereocenters. The fraction of sp³-hybridized carbons (Fsp3) is 0.133. The lowest BCUT2D eigenvalue weighted by atomic mass is 10.1. The first-order valence-electron chi connectivity index (χ1n) is 6.29. The highest BCUT2D eigenvalue weighted by Crippen LogP contribution is 2.38. The second-order valence-corrected chi connectivity index (χ2v) is 4.58. The number of benzene rings is 2. The molecule has 20 heavy (non-hydrogen) atoms. The van der Waals surface area contributed by atoms with Crippen molar-refractivity contribution in [3.63, 3.8) is 0 Å². The Balaban J connectivity index is 2.08. The summed E-state index contributed by atoms with van der Waals surface area (Å²) >= 11 is 0. The molecule has 0 saturated carbocycles. The fourth-order valence-electron chi connectivity index (χ4n) is 2.35. The third-order valence-corrected chi connectivity index (χ3v) is 3.30. The molecular formula is C15H15N3O2. The van der Waals surface area contributed by atoms with E-state index in [4.69, 9.17) is 10.5 Å². The van der Waals surface area contributed by atoms with Gasteiger partial charge < -0.3 is 20.7 Å². The number of amides is 1. The highest BCUT2D eigenvalue weighted by molar-refractivity contribution is 6.04. The molecule has 0 unspecified atom stereocenters. The summed E-state index contributed by atoms with van der Waals surface area (Å²) in [5.74, 6) is 0.639. The normalized spacial score (nSPS) is 13.7. The molecule has 0 fully saturated rings. The quantitative estimate of drug-likeness (QED) is 0.821. The van der Waals surface area contributed by atoms with Crippen molar-refractivity contribution in [3.8, 4) is 5.75 Å². The van der Waals surface area contributed by atoms with E-state index in [-0.39, 0.29) is 12.5 Å². The van der Waals surface area contributed by atoms with E-state index in [1.165, 1.54) is 0 Å². The van der Waals surface area contributed by atoms with Crippen LogP contribution in [0.25, 0.3) is 0 Å². The SMILES string of the molecule is COc1ccc(N2CC(=O)Nc3ccccc32)c(N)c1. The van der Waals surface area contributed by atoms with E-state index in [0.29, 0.717) is 11.4 Å². The first-order valence-corrected chi connectivity index (χ1v) is 6.29. The molecule has 0 saturated heterocycles. The number of nitrogen functional groups attached to an aromatic ring is 1. The van der Waals surface area contributed by atoms with Crippen molar-refractivity contribution in [3.05, 3.63) is 42.5 Å². The molecule has 3 rings (SSSR count). The van der Waals surface area contributed by atoms with Crippen LogP contribution < -0.4 is 20.7 Å². The molecule has 1 aliphatic heterocycles. The van der Waals surface area contributed by atoms with Gasteiger partial charge in [-0.15, -0.1) is 0 Å².